The van der Waals surface area contributed by atoms with E-state index in [1.165, 1.54) is 5.56 Å². The van der Waals surface area contributed by atoms with Gasteiger partial charge in [0.1, 0.15) is 0 Å². The van der Waals surface area contributed by atoms with Crippen LogP contribution in [-0.4, -0.2) is 30.9 Å². The van der Waals surface area contributed by atoms with E-state index in [4.69, 9.17) is 0 Å². The maximum Gasteiger partial charge on any atom is 0.231 e. The summed E-state index contributed by atoms with van der Waals surface area (Å²) < 4.78 is 0. The van der Waals surface area contributed by atoms with Gasteiger partial charge in [-0.05, 0) is 31.5 Å². The second kappa shape index (κ2) is 3.84. The van der Waals surface area contributed by atoms with E-state index in [0.717, 1.165) is 25.9 Å². The van der Waals surface area contributed by atoms with Crippen LogP contribution in [0.4, 0.5) is 0 Å². The van der Waals surface area contributed by atoms with E-state index in [9.17, 15) is 4.79 Å². The van der Waals surface area contributed by atoms with E-state index in [-0.39, 0.29) is 11.5 Å². The summed E-state index contributed by atoms with van der Waals surface area (Å²) in [6, 6.07) is 10.7. The highest BCUT2D eigenvalue weighted by Gasteiger charge is 2.59. The zero-order chi connectivity index (χ0) is 11.9. The molecule has 3 rings (SSSR count). The Bertz CT molecular complexity index is 423. The number of amides is 1. The molecule has 1 aromatic carbocycles. The average molecular weight is 230 g/mol. The fraction of sp³-hybridized carbons (Fsp3) is 0.500. The van der Waals surface area contributed by atoms with Crippen molar-refractivity contribution in [3.8, 4) is 0 Å². The number of nitrogens with zero attached hydrogens (tertiary/aromatic N) is 1. The summed E-state index contributed by atoms with van der Waals surface area (Å²) in [6.45, 7) is 1.92. The number of piperidine rings is 1. The zero-order valence-electron chi connectivity index (χ0n) is 10.1. The molecule has 17 heavy (non-hydrogen) atoms. The van der Waals surface area contributed by atoms with Crippen LogP contribution in [0.25, 0.3) is 0 Å². The molecule has 2 fully saturated rings. The first-order chi connectivity index (χ1) is 8.26. The molecule has 1 N–H and O–H groups in total. The lowest BCUT2D eigenvalue weighted by Gasteiger charge is -2.56. The second-order valence-corrected chi connectivity index (χ2v) is 5.14. The SMILES string of the molecule is CN1C(=O)C2(CCNCC2)[C@@H]1c1ccccc1. The van der Waals surface area contributed by atoms with Gasteiger partial charge in [0.15, 0.2) is 0 Å². The van der Waals surface area contributed by atoms with E-state index in [1.807, 2.05) is 18.0 Å². The molecule has 0 saturated carbocycles. The quantitative estimate of drug-likeness (QED) is 0.743. The van der Waals surface area contributed by atoms with Crippen molar-refractivity contribution >= 4 is 5.91 Å². The summed E-state index contributed by atoms with van der Waals surface area (Å²) in [5.41, 5.74) is 1.15. The van der Waals surface area contributed by atoms with E-state index in [2.05, 4.69) is 29.6 Å². The lowest BCUT2D eigenvalue weighted by Crippen LogP contribution is -2.64. The number of rotatable bonds is 1. The summed E-state index contributed by atoms with van der Waals surface area (Å²) in [7, 11) is 1.92. The van der Waals surface area contributed by atoms with Gasteiger partial charge < -0.3 is 10.2 Å². The summed E-state index contributed by atoms with van der Waals surface area (Å²) in [5.74, 6) is 0.327. The van der Waals surface area contributed by atoms with Gasteiger partial charge in [-0.25, -0.2) is 0 Å². The van der Waals surface area contributed by atoms with E-state index in [1.54, 1.807) is 0 Å². The first kappa shape index (κ1) is 10.8. The Labute approximate surface area is 102 Å². The van der Waals surface area contributed by atoms with Crippen LogP contribution in [0.15, 0.2) is 30.3 Å². The van der Waals surface area contributed by atoms with E-state index >= 15 is 0 Å². The summed E-state index contributed by atoms with van der Waals surface area (Å²) in [6.07, 6.45) is 1.94. The van der Waals surface area contributed by atoms with Gasteiger partial charge in [-0.2, -0.15) is 0 Å². The molecule has 3 heteroatoms. The molecule has 2 saturated heterocycles. The highest BCUT2D eigenvalue weighted by atomic mass is 16.2. The molecule has 1 spiro atoms. The van der Waals surface area contributed by atoms with Crippen LogP contribution in [0.5, 0.6) is 0 Å². The highest BCUT2D eigenvalue weighted by molar-refractivity contribution is 5.90. The second-order valence-electron chi connectivity index (χ2n) is 5.14. The lowest BCUT2D eigenvalue weighted by atomic mass is 9.63. The van der Waals surface area contributed by atoms with E-state index in [0.29, 0.717) is 5.91 Å². The maximum atomic E-state index is 12.2. The topological polar surface area (TPSA) is 32.3 Å². The number of β-lactam (4-membered cyclic amide) rings is 1. The van der Waals surface area contributed by atoms with Crippen LogP contribution in [0.1, 0.15) is 24.4 Å². The molecular formula is C14H18N2O. The Morgan fingerprint density at radius 3 is 2.53 bits per heavy atom. The average Bonchev–Trinajstić information content (AvgIpc) is 2.41. The Kier molecular flexibility index (Phi) is 2.44. The van der Waals surface area contributed by atoms with Crippen LogP contribution < -0.4 is 5.32 Å². The third-order valence-electron chi connectivity index (χ3n) is 4.27. The van der Waals surface area contributed by atoms with Crippen molar-refractivity contribution in [2.75, 3.05) is 20.1 Å². The summed E-state index contributed by atoms with van der Waals surface area (Å²) in [5, 5.41) is 3.34. The highest BCUT2D eigenvalue weighted by Crippen LogP contribution is 2.54. The molecular weight excluding hydrogens is 212 g/mol. The summed E-state index contributed by atoms with van der Waals surface area (Å²) >= 11 is 0. The molecule has 0 aromatic heterocycles. The number of hydrogen-bond acceptors (Lipinski definition) is 2. The Hall–Kier alpha value is -1.35. The maximum absolute atomic E-state index is 12.2. The number of benzene rings is 1. The number of likely N-dealkylation sites (tertiary alicyclic amines) is 1. The van der Waals surface area contributed by atoms with Gasteiger partial charge >= 0.3 is 0 Å². The fourth-order valence-electron chi connectivity index (χ4n) is 3.43. The minimum absolute atomic E-state index is 0.124. The van der Waals surface area contributed by atoms with Crippen LogP contribution in [0, 0.1) is 5.41 Å². The Morgan fingerprint density at radius 2 is 1.88 bits per heavy atom. The van der Waals surface area contributed by atoms with Crippen molar-refractivity contribution < 1.29 is 4.79 Å². The zero-order valence-corrected chi connectivity index (χ0v) is 10.1. The minimum Gasteiger partial charge on any atom is -0.337 e. The number of carbonyl (C=O) groups excluding carboxylic acids is 1. The molecule has 0 bridgehead atoms. The van der Waals surface area contributed by atoms with Crippen molar-refractivity contribution in [1.29, 1.82) is 0 Å². The monoisotopic (exact) mass is 230 g/mol. The largest absolute Gasteiger partial charge is 0.337 e. The fourth-order valence-corrected chi connectivity index (χ4v) is 3.43. The Balaban J connectivity index is 1.95. The molecule has 0 radical (unpaired) electrons. The third-order valence-corrected chi connectivity index (χ3v) is 4.27. The van der Waals surface area contributed by atoms with Gasteiger partial charge in [0.2, 0.25) is 5.91 Å². The van der Waals surface area contributed by atoms with Gasteiger partial charge in [-0.3, -0.25) is 4.79 Å². The van der Waals surface area contributed by atoms with Crippen LogP contribution in [-0.2, 0) is 4.79 Å². The smallest absolute Gasteiger partial charge is 0.231 e. The first-order valence-corrected chi connectivity index (χ1v) is 6.29. The first-order valence-electron chi connectivity index (χ1n) is 6.29. The van der Waals surface area contributed by atoms with Gasteiger partial charge in [-0.15, -0.1) is 0 Å². The van der Waals surface area contributed by atoms with Crippen molar-refractivity contribution in [2.24, 2.45) is 5.41 Å². The minimum atomic E-state index is -0.124. The lowest BCUT2D eigenvalue weighted by molar-refractivity contribution is -0.173. The van der Waals surface area contributed by atoms with Crippen molar-refractivity contribution in [1.82, 2.24) is 10.2 Å². The van der Waals surface area contributed by atoms with Gasteiger partial charge in [0, 0.05) is 7.05 Å². The molecule has 1 amide bonds. The standard InChI is InChI=1S/C14H18N2O/c1-16-12(11-5-3-2-4-6-11)14(13(16)17)7-9-15-10-8-14/h2-6,12,15H,7-10H2,1H3/t12-/m0/s1. The van der Waals surface area contributed by atoms with Gasteiger partial charge in [0.25, 0.3) is 0 Å². The van der Waals surface area contributed by atoms with Crippen molar-refractivity contribution in [2.45, 2.75) is 18.9 Å². The third kappa shape index (κ3) is 1.42. The van der Waals surface area contributed by atoms with Crippen molar-refractivity contribution in [3.63, 3.8) is 0 Å². The predicted octanol–water partition coefficient (Wildman–Crippen LogP) is 1.57. The van der Waals surface area contributed by atoms with Crippen LogP contribution in [0.3, 0.4) is 0 Å². The van der Waals surface area contributed by atoms with Crippen molar-refractivity contribution in [3.05, 3.63) is 35.9 Å². The molecule has 1 aromatic rings. The molecule has 0 unspecified atom stereocenters. The molecule has 1 atom stereocenters. The van der Waals surface area contributed by atoms with Gasteiger partial charge in [0.05, 0.1) is 11.5 Å². The number of carbonyl (C=O) groups is 1. The van der Waals surface area contributed by atoms with Crippen LogP contribution in [0.2, 0.25) is 0 Å². The molecule has 0 aliphatic carbocycles. The van der Waals surface area contributed by atoms with Gasteiger partial charge in [-0.1, -0.05) is 30.3 Å². The number of nitrogens with one attached hydrogen (secondary N) is 1. The van der Waals surface area contributed by atoms with Crippen LogP contribution >= 0.6 is 0 Å². The van der Waals surface area contributed by atoms with E-state index < -0.39 is 0 Å². The number of hydrogen-bond donors (Lipinski definition) is 1. The Morgan fingerprint density at radius 1 is 1.24 bits per heavy atom. The molecule has 3 nitrogen and oxygen atoms in total. The predicted molar refractivity (Wildman–Crippen MR) is 66.5 cm³/mol. The molecule has 90 valence electrons. The summed E-state index contributed by atoms with van der Waals surface area (Å²) in [4.78, 5) is 14.1. The molecule has 2 aliphatic heterocycles. The molecule has 2 aliphatic rings. The molecule has 2 heterocycles. The normalized spacial score (nSPS) is 27.0.